The van der Waals surface area contributed by atoms with E-state index in [4.69, 9.17) is 0 Å². The normalized spacial score (nSPS) is 10.3. The van der Waals surface area contributed by atoms with Crippen molar-refractivity contribution in [2.24, 2.45) is 7.05 Å². The van der Waals surface area contributed by atoms with Crippen LogP contribution in [0.5, 0.6) is 0 Å². The minimum atomic E-state index is -0.207. The van der Waals surface area contributed by atoms with Gasteiger partial charge in [0, 0.05) is 24.5 Å². The summed E-state index contributed by atoms with van der Waals surface area (Å²) in [6.45, 7) is 3.53. The molecule has 20 heavy (non-hydrogen) atoms. The molecule has 0 aliphatic heterocycles. The van der Waals surface area contributed by atoms with E-state index < -0.39 is 0 Å². The molecule has 1 aromatic carbocycles. The zero-order valence-electron chi connectivity index (χ0n) is 11.9. The molecule has 1 amide bonds. The standard InChI is InChI=1S/C16H18N2O2/c1-4-12-7-5-6-8-14(12)17-16(20)15-9-13(11(2)19)10-18(15)3/h5-10H,4H2,1-3H3,(H,17,20). The first-order chi connectivity index (χ1) is 9.52. The van der Waals surface area contributed by atoms with E-state index in [0.29, 0.717) is 11.3 Å². The quantitative estimate of drug-likeness (QED) is 0.868. The lowest BCUT2D eigenvalue weighted by Gasteiger charge is -2.09. The van der Waals surface area contributed by atoms with Crippen LogP contribution >= 0.6 is 0 Å². The molecule has 0 bridgehead atoms. The Balaban J connectivity index is 2.26. The van der Waals surface area contributed by atoms with Crippen LogP contribution in [0.2, 0.25) is 0 Å². The third-order valence-electron chi connectivity index (χ3n) is 3.29. The van der Waals surface area contributed by atoms with E-state index in [1.165, 1.54) is 6.92 Å². The second kappa shape index (κ2) is 5.74. The summed E-state index contributed by atoms with van der Waals surface area (Å²) >= 11 is 0. The van der Waals surface area contributed by atoms with Gasteiger partial charge in [-0.1, -0.05) is 25.1 Å². The predicted octanol–water partition coefficient (Wildman–Crippen LogP) is 3.04. The van der Waals surface area contributed by atoms with Crippen LogP contribution in [0, 0.1) is 0 Å². The Morgan fingerprint density at radius 3 is 2.55 bits per heavy atom. The summed E-state index contributed by atoms with van der Waals surface area (Å²) < 4.78 is 1.67. The maximum atomic E-state index is 12.3. The number of aryl methyl sites for hydroxylation is 2. The van der Waals surface area contributed by atoms with Gasteiger partial charge < -0.3 is 9.88 Å². The van der Waals surface area contributed by atoms with Crippen LogP contribution in [0.25, 0.3) is 0 Å². The van der Waals surface area contributed by atoms with Gasteiger partial charge in [0.05, 0.1) is 0 Å². The summed E-state index contributed by atoms with van der Waals surface area (Å²) in [5.74, 6) is -0.255. The Kier molecular flexibility index (Phi) is 4.03. The zero-order chi connectivity index (χ0) is 14.7. The molecule has 1 heterocycles. The molecule has 4 heteroatoms. The van der Waals surface area contributed by atoms with Crippen LogP contribution in [-0.2, 0) is 13.5 Å². The van der Waals surface area contributed by atoms with Crippen LogP contribution in [0.3, 0.4) is 0 Å². The van der Waals surface area contributed by atoms with Crippen LogP contribution in [0.4, 0.5) is 5.69 Å². The van der Waals surface area contributed by atoms with Crippen molar-refractivity contribution in [3.8, 4) is 0 Å². The number of carbonyl (C=O) groups is 2. The van der Waals surface area contributed by atoms with Crippen molar-refractivity contribution in [3.05, 3.63) is 53.3 Å². The third kappa shape index (κ3) is 2.79. The number of para-hydroxylation sites is 1. The summed E-state index contributed by atoms with van der Waals surface area (Å²) in [6, 6.07) is 9.32. The predicted molar refractivity (Wildman–Crippen MR) is 79.2 cm³/mol. The highest BCUT2D eigenvalue weighted by Crippen LogP contribution is 2.17. The molecular formula is C16H18N2O2. The molecule has 0 saturated heterocycles. The van der Waals surface area contributed by atoms with E-state index in [-0.39, 0.29) is 11.7 Å². The largest absolute Gasteiger partial charge is 0.346 e. The molecule has 2 aromatic rings. The average molecular weight is 270 g/mol. The number of carbonyl (C=O) groups excluding carboxylic acids is 2. The Morgan fingerprint density at radius 2 is 1.95 bits per heavy atom. The molecule has 0 unspecified atom stereocenters. The number of amides is 1. The molecule has 0 aliphatic carbocycles. The fraction of sp³-hybridized carbons (Fsp3) is 0.250. The van der Waals surface area contributed by atoms with Crippen molar-refractivity contribution in [2.45, 2.75) is 20.3 Å². The van der Waals surface area contributed by atoms with E-state index in [1.807, 2.05) is 31.2 Å². The number of ketones is 1. The number of rotatable bonds is 4. The van der Waals surface area contributed by atoms with E-state index in [2.05, 4.69) is 5.32 Å². The van der Waals surface area contributed by atoms with E-state index in [1.54, 1.807) is 23.9 Å². The number of nitrogens with one attached hydrogen (secondary N) is 1. The second-order valence-electron chi connectivity index (χ2n) is 4.75. The topological polar surface area (TPSA) is 51.1 Å². The molecule has 1 N–H and O–H groups in total. The number of benzene rings is 1. The lowest BCUT2D eigenvalue weighted by Crippen LogP contribution is -2.16. The number of nitrogens with zero attached hydrogens (tertiary/aromatic N) is 1. The summed E-state index contributed by atoms with van der Waals surface area (Å²) in [6.07, 6.45) is 2.52. The van der Waals surface area contributed by atoms with Gasteiger partial charge in [-0.2, -0.15) is 0 Å². The smallest absolute Gasteiger partial charge is 0.272 e. The van der Waals surface area contributed by atoms with Gasteiger partial charge in [0.15, 0.2) is 5.78 Å². The zero-order valence-corrected chi connectivity index (χ0v) is 11.9. The average Bonchev–Trinajstić information content (AvgIpc) is 2.82. The fourth-order valence-electron chi connectivity index (χ4n) is 2.12. The molecule has 0 saturated carbocycles. The van der Waals surface area contributed by atoms with E-state index in [0.717, 1.165) is 17.7 Å². The van der Waals surface area contributed by atoms with E-state index in [9.17, 15) is 9.59 Å². The molecule has 0 spiro atoms. The maximum Gasteiger partial charge on any atom is 0.272 e. The molecule has 0 aliphatic rings. The van der Waals surface area contributed by atoms with Crippen LogP contribution in [0.1, 0.15) is 40.3 Å². The number of anilines is 1. The summed E-state index contributed by atoms with van der Waals surface area (Å²) in [5.41, 5.74) is 2.91. The van der Waals surface area contributed by atoms with Gasteiger partial charge in [0.1, 0.15) is 5.69 Å². The first-order valence-corrected chi connectivity index (χ1v) is 6.59. The third-order valence-corrected chi connectivity index (χ3v) is 3.29. The monoisotopic (exact) mass is 270 g/mol. The lowest BCUT2D eigenvalue weighted by molar-refractivity contribution is 0.101. The molecule has 1 aromatic heterocycles. The lowest BCUT2D eigenvalue weighted by atomic mass is 10.1. The van der Waals surface area contributed by atoms with Crippen molar-refractivity contribution < 1.29 is 9.59 Å². The van der Waals surface area contributed by atoms with Crippen LogP contribution in [-0.4, -0.2) is 16.3 Å². The molecule has 0 fully saturated rings. The molecule has 2 rings (SSSR count). The summed E-state index contributed by atoms with van der Waals surface area (Å²) in [7, 11) is 1.76. The van der Waals surface area contributed by atoms with Crippen molar-refractivity contribution in [3.63, 3.8) is 0 Å². The first kappa shape index (κ1) is 14.1. The van der Waals surface area contributed by atoms with Crippen LogP contribution < -0.4 is 5.32 Å². The minimum absolute atomic E-state index is 0.0476. The van der Waals surface area contributed by atoms with Crippen molar-refractivity contribution in [1.82, 2.24) is 4.57 Å². The van der Waals surface area contributed by atoms with Crippen molar-refractivity contribution in [1.29, 1.82) is 0 Å². The second-order valence-corrected chi connectivity index (χ2v) is 4.75. The molecule has 4 nitrogen and oxygen atoms in total. The summed E-state index contributed by atoms with van der Waals surface area (Å²) in [5, 5.41) is 2.90. The Bertz CT molecular complexity index is 656. The highest BCUT2D eigenvalue weighted by molar-refractivity contribution is 6.05. The Hall–Kier alpha value is -2.36. The van der Waals surface area contributed by atoms with Gasteiger partial charge >= 0.3 is 0 Å². The van der Waals surface area contributed by atoms with Gasteiger partial charge in [0.25, 0.3) is 5.91 Å². The Morgan fingerprint density at radius 1 is 1.25 bits per heavy atom. The van der Waals surface area contributed by atoms with Gasteiger partial charge in [0.2, 0.25) is 0 Å². The molecule has 104 valence electrons. The SMILES string of the molecule is CCc1ccccc1NC(=O)c1cc(C(C)=O)cn1C. The Labute approximate surface area is 118 Å². The number of hydrogen-bond acceptors (Lipinski definition) is 2. The highest BCUT2D eigenvalue weighted by atomic mass is 16.2. The van der Waals surface area contributed by atoms with Crippen molar-refractivity contribution in [2.75, 3.05) is 5.32 Å². The van der Waals surface area contributed by atoms with Gasteiger partial charge in [-0.15, -0.1) is 0 Å². The van der Waals surface area contributed by atoms with Gasteiger partial charge in [-0.05, 0) is 31.0 Å². The van der Waals surface area contributed by atoms with Crippen molar-refractivity contribution >= 4 is 17.4 Å². The van der Waals surface area contributed by atoms with Gasteiger partial charge in [-0.3, -0.25) is 9.59 Å². The first-order valence-electron chi connectivity index (χ1n) is 6.59. The van der Waals surface area contributed by atoms with Crippen LogP contribution in [0.15, 0.2) is 36.5 Å². The maximum absolute atomic E-state index is 12.3. The minimum Gasteiger partial charge on any atom is -0.346 e. The highest BCUT2D eigenvalue weighted by Gasteiger charge is 2.14. The fourth-order valence-corrected chi connectivity index (χ4v) is 2.12. The van der Waals surface area contributed by atoms with E-state index >= 15 is 0 Å². The number of Topliss-reactive ketones (excluding diaryl/α,β-unsaturated/α-hetero) is 1. The number of hydrogen-bond donors (Lipinski definition) is 1. The molecular weight excluding hydrogens is 252 g/mol. The molecule has 0 radical (unpaired) electrons. The van der Waals surface area contributed by atoms with Gasteiger partial charge in [-0.25, -0.2) is 0 Å². The molecule has 0 atom stereocenters. The number of aromatic nitrogens is 1. The summed E-state index contributed by atoms with van der Waals surface area (Å²) in [4.78, 5) is 23.6.